The zero-order chi connectivity index (χ0) is 12.8. The van der Waals surface area contributed by atoms with Crippen molar-refractivity contribution >= 4 is 0 Å². The van der Waals surface area contributed by atoms with Crippen molar-refractivity contribution < 1.29 is 4.74 Å². The number of nitrogens with zero attached hydrogens (tertiary/aromatic N) is 1. The van der Waals surface area contributed by atoms with Crippen LogP contribution >= 0.6 is 0 Å². The number of hydrogen-bond acceptors (Lipinski definition) is 3. The molecular formula is C14H30N2O. The van der Waals surface area contributed by atoms with E-state index in [0.29, 0.717) is 24.1 Å². The summed E-state index contributed by atoms with van der Waals surface area (Å²) >= 11 is 0. The minimum atomic E-state index is 0.389. The third kappa shape index (κ3) is 4.94. The van der Waals surface area contributed by atoms with Crippen LogP contribution in [-0.2, 0) is 4.74 Å². The molecule has 1 N–H and O–H groups in total. The van der Waals surface area contributed by atoms with Crippen molar-refractivity contribution in [1.82, 2.24) is 10.2 Å². The Balaban J connectivity index is 2.28. The van der Waals surface area contributed by atoms with Gasteiger partial charge in [0, 0.05) is 31.7 Å². The molecule has 3 heteroatoms. The van der Waals surface area contributed by atoms with Crippen LogP contribution < -0.4 is 5.32 Å². The molecule has 0 aromatic heterocycles. The van der Waals surface area contributed by atoms with E-state index >= 15 is 0 Å². The van der Waals surface area contributed by atoms with Gasteiger partial charge in [0.1, 0.15) is 0 Å². The van der Waals surface area contributed by atoms with E-state index in [1.54, 1.807) is 0 Å². The van der Waals surface area contributed by atoms with Crippen molar-refractivity contribution in [2.45, 2.75) is 59.2 Å². The molecule has 0 saturated carbocycles. The van der Waals surface area contributed by atoms with Gasteiger partial charge in [-0.05, 0) is 26.2 Å². The second-order valence-corrected chi connectivity index (χ2v) is 5.69. The lowest BCUT2D eigenvalue weighted by Gasteiger charge is -2.38. The predicted octanol–water partition coefficient (Wildman–Crippen LogP) is 2.12. The predicted molar refractivity (Wildman–Crippen MR) is 73.4 cm³/mol. The maximum Gasteiger partial charge on any atom is 0.0674 e. The van der Waals surface area contributed by atoms with Crippen molar-refractivity contribution in [3.05, 3.63) is 0 Å². The van der Waals surface area contributed by atoms with E-state index in [-0.39, 0.29) is 0 Å². The first-order valence-electron chi connectivity index (χ1n) is 7.13. The van der Waals surface area contributed by atoms with Gasteiger partial charge in [0.15, 0.2) is 0 Å². The molecule has 0 spiro atoms. The van der Waals surface area contributed by atoms with Gasteiger partial charge in [-0.3, -0.25) is 4.90 Å². The second-order valence-electron chi connectivity index (χ2n) is 5.69. The second kappa shape index (κ2) is 7.34. The van der Waals surface area contributed by atoms with E-state index in [1.165, 1.54) is 6.42 Å². The van der Waals surface area contributed by atoms with Crippen LogP contribution in [0.25, 0.3) is 0 Å². The van der Waals surface area contributed by atoms with Crippen LogP contribution in [0.3, 0.4) is 0 Å². The molecule has 3 atom stereocenters. The molecule has 17 heavy (non-hydrogen) atoms. The smallest absolute Gasteiger partial charge is 0.0674 e. The molecule has 0 bridgehead atoms. The van der Waals surface area contributed by atoms with Crippen LogP contribution in [0.1, 0.15) is 41.0 Å². The lowest BCUT2D eigenvalue weighted by Crippen LogP contribution is -2.51. The summed E-state index contributed by atoms with van der Waals surface area (Å²) in [4.78, 5) is 2.58. The Morgan fingerprint density at radius 3 is 2.65 bits per heavy atom. The van der Waals surface area contributed by atoms with Crippen LogP contribution in [0.15, 0.2) is 0 Å². The Labute approximate surface area is 107 Å². The zero-order valence-electron chi connectivity index (χ0n) is 12.2. The Bertz CT molecular complexity index is 208. The van der Waals surface area contributed by atoms with Gasteiger partial charge < -0.3 is 10.1 Å². The van der Waals surface area contributed by atoms with E-state index in [2.05, 4.69) is 44.8 Å². The standard InChI is InChI=1S/C14H30N2O/c1-6-14-10-17-12(4)9-16(14)8-7-15-13(5)11(2)3/h11-15H,6-10H2,1-5H3. The lowest BCUT2D eigenvalue weighted by atomic mass is 10.1. The summed E-state index contributed by atoms with van der Waals surface area (Å²) < 4.78 is 5.72. The highest BCUT2D eigenvalue weighted by Crippen LogP contribution is 2.13. The molecule has 0 aromatic carbocycles. The first kappa shape index (κ1) is 14.9. The Morgan fingerprint density at radius 1 is 1.35 bits per heavy atom. The number of hydrogen-bond donors (Lipinski definition) is 1. The zero-order valence-corrected chi connectivity index (χ0v) is 12.2. The largest absolute Gasteiger partial charge is 0.376 e. The highest BCUT2D eigenvalue weighted by molar-refractivity contribution is 4.78. The molecule has 1 saturated heterocycles. The average Bonchev–Trinajstić information content (AvgIpc) is 2.29. The molecule has 0 aromatic rings. The van der Waals surface area contributed by atoms with Crippen LogP contribution in [0.5, 0.6) is 0 Å². The summed E-state index contributed by atoms with van der Waals surface area (Å²) in [6, 6.07) is 1.22. The molecule has 0 aliphatic carbocycles. The van der Waals surface area contributed by atoms with Crippen LogP contribution in [0, 0.1) is 5.92 Å². The maximum absolute atomic E-state index is 5.72. The van der Waals surface area contributed by atoms with Crippen LogP contribution in [0.2, 0.25) is 0 Å². The fourth-order valence-electron chi connectivity index (χ4n) is 2.23. The maximum atomic E-state index is 5.72. The fraction of sp³-hybridized carbons (Fsp3) is 1.00. The number of ether oxygens (including phenoxy) is 1. The normalized spacial score (nSPS) is 28.6. The van der Waals surface area contributed by atoms with Gasteiger partial charge in [0.05, 0.1) is 12.7 Å². The van der Waals surface area contributed by atoms with Gasteiger partial charge in [0.25, 0.3) is 0 Å². The third-order valence-electron chi connectivity index (χ3n) is 3.92. The number of morpholine rings is 1. The summed E-state index contributed by atoms with van der Waals surface area (Å²) in [5.41, 5.74) is 0. The average molecular weight is 242 g/mol. The Kier molecular flexibility index (Phi) is 6.45. The number of nitrogens with one attached hydrogen (secondary N) is 1. The summed E-state index contributed by atoms with van der Waals surface area (Å²) in [6.07, 6.45) is 1.58. The quantitative estimate of drug-likeness (QED) is 0.772. The van der Waals surface area contributed by atoms with Gasteiger partial charge >= 0.3 is 0 Å². The van der Waals surface area contributed by atoms with Gasteiger partial charge in [-0.15, -0.1) is 0 Å². The van der Waals surface area contributed by atoms with Gasteiger partial charge in [-0.1, -0.05) is 20.8 Å². The van der Waals surface area contributed by atoms with Crippen molar-refractivity contribution in [2.24, 2.45) is 5.92 Å². The molecule has 102 valence electrons. The monoisotopic (exact) mass is 242 g/mol. The molecule has 1 fully saturated rings. The SMILES string of the molecule is CCC1COC(C)CN1CCNC(C)C(C)C. The first-order chi connectivity index (χ1) is 8.04. The third-order valence-corrected chi connectivity index (χ3v) is 3.92. The van der Waals surface area contributed by atoms with Crippen molar-refractivity contribution in [1.29, 1.82) is 0 Å². The molecule has 1 aliphatic heterocycles. The van der Waals surface area contributed by atoms with Crippen LogP contribution in [-0.4, -0.2) is 49.3 Å². The van der Waals surface area contributed by atoms with E-state index < -0.39 is 0 Å². The highest BCUT2D eigenvalue weighted by Gasteiger charge is 2.24. The molecule has 0 amide bonds. The summed E-state index contributed by atoms with van der Waals surface area (Å²) in [7, 11) is 0. The molecular weight excluding hydrogens is 212 g/mol. The molecule has 3 unspecified atom stereocenters. The van der Waals surface area contributed by atoms with Crippen molar-refractivity contribution in [3.63, 3.8) is 0 Å². The topological polar surface area (TPSA) is 24.5 Å². The molecule has 1 aliphatic rings. The van der Waals surface area contributed by atoms with Crippen LogP contribution in [0.4, 0.5) is 0 Å². The highest BCUT2D eigenvalue weighted by atomic mass is 16.5. The molecule has 1 rings (SSSR count). The summed E-state index contributed by atoms with van der Waals surface area (Å²) in [5.74, 6) is 0.709. The van der Waals surface area contributed by atoms with Crippen molar-refractivity contribution in [3.8, 4) is 0 Å². The Hall–Kier alpha value is -0.120. The van der Waals surface area contributed by atoms with E-state index in [4.69, 9.17) is 4.74 Å². The Morgan fingerprint density at radius 2 is 2.06 bits per heavy atom. The summed E-state index contributed by atoms with van der Waals surface area (Å²) in [6.45, 7) is 15.4. The molecule has 1 heterocycles. The van der Waals surface area contributed by atoms with E-state index in [1.807, 2.05) is 0 Å². The minimum absolute atomic E-state index is 0.389. The minimum Gasteiger partial charge on any atom is -0.376 e. The van der Waals surface area contributed by atoms with Crippen molar-refractivity contribution in [2.75, 3.05) is 26.2 Å². The van der Waals surface area contributed by atoms with E-state index in [9.17, 15) is 0 Å². The summed E-state index contributed by atoms with van der Waals surface area (Å²) in [5, 5.41) is 3.61. The van der Waals surface area contributed by atoms with E-state index in [0.717, 1.165) is 26.2 Å². The van der Waals surface area contributed by atoms with Gasteiger partial charge in [-0.2, -0.15) is 0 Å². The number of rotatable bonds is 6. The van der Waals surface area contributed by atoms with Gasteiger partial charge in [0.2, 0.25) is 0 Å². The molecule has 0 radical (unpaired) electrons. The lowest BCUT2D eigenvalue weighted by molar-refractivity contribution is -0.0552. The van der Waals surface area contributed by atoms with Gasteiger partial charge in [-0.25, -0.2) is 0 Å². The molecule has 3 nitrogen and oxygen atoms in total. The fourth-order valence-corrected chi connectivity index (χ4v) is 2.23. The first-order valence-corrected chi connectivity index (χ1v) is 7.13.